The molecule has 0 heterocycles. The second kappa shape index (κ2) is 6.21. The van der Waals surface area contributed by atoms with Crippen LogP contribution in [0.15, 0.2) is 23.2 Å². The van der Waals surface area contributed by atoms with E-state index in [0.29, 0.717) is 10.9 Å². The van der Waals surface area contributed by atoms with Crippen molar-refractivity contribution in [3.05, 3.63) is 28.8 Å². The average molecular weight is 306 g/mol. The van der Waals surface area contributed by atoms with Crippen LogP contribution in [0.25, 0.3) is 0 Å². The van der Waals surface area contributed by atoms with Gasteiger partial charge in [-0.3, -0.25) is 0 Å². The smallest absolute Gasteiger partial charge is 0.235 e. The van der Waals surface area contributed by atoms with E-state index < -0.39 is 5.54 Å². The number of hydrogen-bond donors (Lipinski definition) is 0. The molecule has 0 amide bonds. The van der Waals surface area contributed by atoms with Crippen molar-refractivity contribution < 1.29 is 9.53 Å². The predicted octanol–water partition coefficient (Wildman–Crippen LogP) is 4.62. The summed E-state index contributed by atoms with van der Waals surface area (Å²) in [6.07, 6.45) is 9.49. The van der Waals surface area contributed by atoms with Crippen molar-refractivity contribution >= 4 is 17.7 Å². The largest absolute Gasteiger partial charge is 0.493 e. The van der Waals surface area contributed by atoms with Crippen LogP contribution in [0.1, 0.15) is 50.5 Å². The van der Waals surface area contributed by atoms with Crippen molar-refractivity contribution in [2.75, 3.05) is 6.61 Å². The monoisotopic (exact) mass is 305 g/mol. The van der Waals surface area contributed by atoms with E-state index in [4.69, 9.17) is 16.3 Å². The van der Waals surface area contributed by atoms with E-state index in [2.05, 4.69) is 4.99 Å². The lowest BCUT2D eigenvalue weighted by atomic mass is 9.86. The van der Waals surface area contributed by atoms with Gasteiger partial charge >= 0.3 is 0 Å². The molecule has 2 fully saturated rings. The molecule has 2 aliphatic rings. The van der Waals surface area contributed by atoms with E-state index in [9.17, 15) is 4.79 Å². The molecule has 112 valence electrons. The van der Waals surface area contributed by atoms with Crippen molar-refractivity contribution in [1.82, 2.24) is 0 Å². The molecule has 0 aromatic heterocycles. The van der Waals surface area contributed by atoms with Gasteiger partial charge in [0.1, 0.15) is 5.75 Å². The van der Waals surface area contributed by atoms with Crippen LogP contribution < -0.4 is 4.74 Å². The minimum atomic E-state index is -0.443. The van der Waals surface area contributed by atoms with E-state index >= 15 is 0 Å². The van der Waals surface area contributed by atoms with Crippen LogP contribution in [-0.2, 0) is 10.3 Å². The summed E-state index contributed by atoms with van der Waals surface area (Å²) in [5, 5.41) is 0.642. The van der Waals surface area contributed by atoms with Gasteiger partial charge in [0.05, 0.1) is 12.1 Å². The first-order chi connectivity index (χ1) is 10.2. The molecule has 4 heteroatoms. The number of isocyanates is 1. The molecule has 0 radical (unpaired) electrons. The summed E-state index contributed by atoms with van der Waals surface area (Å²) in [5.74, 6) is 1.47. The van der Waals surface area contributed by atoms with Crippen molar-refractivity contribution in [3.63, 3.8) is 0 Å². The third kappa shape index (κ3) is 3.14. The zero-order valence-electron chi connectivity index (χ0n) is 12.1. The second-order valence-corrected chi connectivity index (χ2v) is 6.66. The Labute approximate surface area is 130 Å². The molecule has 0 unspecified atom stereocenters. The van der Waals surface area contributed by atoms with Crippen molar-refractivity contribution in [2.45, 2.75) is 50.5 Å². The number of ether oxygens (including phenoxy) is 1. The first-order valence-electron chi connectivity index (χ1n) is 7.75. The SMILES string of the molecule is O=C=NC1(c2cc(Cl)cc(OCC3CCC3)c2)CCCC1. The maximum atomic E-state index is 10.8. The van der Waals surface area contributed by atoms with Gasteiger partial charge in [-0.2, -0.15) is 4.99 Å². The summed E-state index contributed by atoms with van der Waals surface area (Å²) >= 11 is 6.23. The van der Waals surface area contributed by atoms with Gasteiger partial charge in [0.15, 0.2) is 0 Å². The normalized spacial score (nSPS) is 20.6. The Morgan fingerprint density at radius 1 is 1.24 bits per heavy atom. The van der Waals surface area contributed by atoms with Crippen LogP contribution >= 0.6 is 11.6 Å². The van der Waals surface area contributed by atoms with Gasteiger partial charge in [-0.05, 0) is 55.4 Å². The fourth-order valence-electron chi connectivity index (χ4n) is 3.30. The van der Waals surface area contributed by atoms with Gasteiger partial charge in [0.2, 0.25) is 6.08 Å². The van der Waals surface area contributed by atoms with E-state index in [0.717, 1.165) is 43.6 Å². The second-order valence-electron chi connectivity index (χ2n) is 6.23. The van der Waals surface area contributed by atoms with Gasteiger partial charge in [-0.25, -0.2) is 4.79 Å². The fraction of sp³-hybridized carbons (Fsp3) is 0.588. The molecule has 0 saturated heterocycles. The maximum Gasteiger partial charge on any atom is 0.235 e. The van der Waals surface area contributed by atoms with Gasteiger partial charge < -0.3 is 4.74 Å². The molecular weight excluding hydrogens is 286 g/mol. The quantitative estimate of drug-likeness (QED) is 0.588. The van der Waals surface area contributed by atoms with Gasteiger partial charge in [0.25, 0.3) is 0 Å². The predicted molar refractivity (Wildman–Crippen MR) is 82.6 cm³/mol. The standard InChI is InChI=1S/C17H20ClNO2/c18-15-8-14(17(19-12-20)6-1-2-7-17)9-16(10-15)21-11-13-4-3-5-13/h8-10,13H,1-7,11H2. The molecule has 3 rings (SSSR count). The first-order valence-corrected chi connectivity index (χ1v) is 8.12. The summed E-state index contributed by atoms with van der Waals surface area (Å²) in [5.41, 5.74) is 0.542. The lowest BCUT2D eigenvalue weighted by molar-refractivity contribution is 0.180. The molecule has 3 nitrogen and oxygen atoms in total. The van der Waals surface area contributed by atoms with Gasteiger partial charge in [-0.1, -0.05) is 30.9 Å². The van der Waals surface area contributed by atoms with Crippen LogP contribution in [0.3, 0.4) is 0 Å². The number of benzene rings is 1. The Balaban J connectivity index is 1.83. The van der Waals surface area contributed by atoms with Crippen LogP contribution in [-0.4, -0.2) is 12.7 Å². The molecular formula is C17H20ClNO2. The lowest BCUT2D eigenvalue weighted by Gasteiger charge is -2.26. The molecule has 2 saturated carbocycles. The molecule has 0 bridgehead atoms. The summed E-state index contributed by atoms with van der Waals surface area (Å²) in [7, 11) is 0. The number of rotatable bonds is 5. The zero-order chi connectivity index (χ0) is 14.7. The van der Waals surface area contributed by atoms with Crippen LogP contribution in [0.5, 0.6) is 5.75 Å². The number of carbonyl (C=O) groups excluding carboxylic acids is 1. The minimum absolute atomic E-state index is 0.443. The number of nitrogens with zero attached hydrogens (tertiary/aromatic N) is 1. The lowest BCUT2D eigenvalue weighted by Crippen LogP contribution is -2.21. The number of hydrogen-bond acceptors (Lipinski definition) is 3. The van der Waals surface area contributed by atoms with Gasteiger partial charge in [0, 0.05) is 5.02 Å². The third-order valence-corrected chi connectivity index (χ3v) is 5.03. The molecule has 0 atom stereocenters. The number of aliphatic imine (C=N–C) groups is 1. The van der Waals surface area contributed by atoms with Crippen molar-refractivity contribution in [2.24, 2.45) is 10.9 Å². The molecule has 0 aliphatic heterocycles. The van der Waals surface area contributed by atoms with E-state index in [1.807, 2.05) is 18.2 Å². The molecule has 0 N–H and O–H groups in total. The minimum Gasteiger partial charge on any atom is -0.493 e. The van der Waals surface area contributed by atoms with E-state index in [-0.39, 0.29) is 0 Å². The molecule has 0 spiro atoms. The molecule has 1 aromatic carbocycles. The van der Waals surface area contributed by atoms with Crippen molar-refractivity contribution in [3.8, 4) is 5.75 Å². The average Bonchev–Trinajstić information content (AvgIpc) is 2.87. The Kier molecular flexibility index (Phi) is 4.32. The summed E-state index contributed by atoms with van der Waals surface area (Å²) in [4.78, 5) is 14.9. The summed E-state index contributed by atoms with van der Waals surface area (Å²) in [6, 6.07) is 5.75. The first kappa shape index (κ1) is 14.6. The van der Waals surface area contributed by atoms with Crippen molar-refractivity contribution in [1.29, 1.82) is 0 Å². The maximum absolute atomic E-state index is 10.8. The Morgan fingerprint density at radius 2 is 2.00 bits per heavy atom. The Morgan fingerprint density at radius 3 is 2.62 bits per heavy atom. The van der Waals surface area contributed by atoms with E-state index in [1.54, 1.807) is 6.08 Å². The highest BCUT2D eigenvalue weighted by Crippen LogP contribution is 2.44. The third-order valence-electron chi connectivity index (χ3n) is 4.81. The Bertz CT molecular complexity index is 556. The molecule has 1 aromatic rings. The van der Waals surface area contributed by atoms with Crippen LogP contribution in [0.2, 0.25) is 5.02 Å². The number of halogens is 1. The molecule has 21 heavy (non-hydrogen) atoms. The molecule has 2 aliphatic carbocycles. The Hall–Kier alpha value is -1.31. The summed E-state index contributed by atoms with van der Waals surface area (Å²) < 4.78 is 5.89. The highest BCUT2D eigenvalue weighted by Gasteiger charge is 2.36. The zero-order valence-corrected chi connectivity index (χ0v) is 12.9. The van der Waals surface area contributed by atoms with Crippen LogP contribution in [0.4, 0.5) is 0 Å². The van der Waals surface area contributed by atoms with Gasteiger partial charge in [-0.15, -0.1) is 0 Å². The van der Waals surface area contributed by atoms with Crippen LogP contribution in [0, 0.1) is 5.92 Å². The highest BCUT2D eigenvalue weighted by molar-refractivity contribution is 6.30. The van der Waals surface area contributed by atoms with E-state index in [1.165, 1.54) is 19.3 Å². The highest BCUT2D eigenvalue weighted by atomic mass is 35.5. The summed E-state index contributed by atoms with van der Waals surface area (Å²) in [6.45, 7) is 0.754. The topological polar surface area (TPSA) is 38.7 Å². The fourth-order valence-corrected chi connectivity index (χ4v) is 3.53.